The van der Waals surface area contributed by atoms with E-state index in [0.717, 1.165) is 13.0 Å². The number of amides is 2. The molecule has 2 amide bonds. The van der Waals surface area contributed by atoms with Gasteiger partial charge < -0.3 is 20.1 Å². The largest absolute Gasteiger partial charge is 0.379 e. The zero-order valence-corrected chi connectivity index (χ0v) is 14.7. The Morgan fingerprint density at radius 2 is 1.38 bits per heavy atom. The molecule has 2 N–H and O–H groups in total. The second-order valence-electron chi connectivity index (χ2n) is 7.71. The summed E-state index contributed by atoms with van der Waals surface area (Å²) < 4.78 is 10.9. The van der Waals surface area contributed by atoms with E-state index in [1.54, 1.807) is 0 Å². The topological polar surface area (TPSA) is 59.6 Å². The van der Waals surface area contributed by atoms with Crippen LogP contribution in [0, 0.1) is 10.8 Å². The predicted molar refractivity (Wildman–Crippen MR) is 86.6 cm³/mol. The molecule has 0 aromatic rings. The molecule has 5 nitrogen and oxygen atoms in total. The van der Waals surface area contributed by atoms with Crippen LogP contribution in [0.5, 0.6) is 0 Å². The third-order valence-electron chi connectivity index (χ3n) is 2.68. The van der Waals surface area contributed by atoms with E-state index in [4.69, 9.17) is 9.47 Å². The summed E-state index contributed by atoms with van der Waals surface area (Å²) in [7, 11) is 0. The van der Waals surface area contributed by atoms with Gasteiger partial charge in [-0.05, 0) is 17.3 Å². The average Bonchev–Trinajstić information content (AvgIpc) is 2.32. The maximum absolute atomic E-state index is 11.5. The Morgan fingerprint density at radius 1 is 0.810 bits per heavy atom. The van der Waals surface area contributed by atoms with Crippen LogP contribution in [0.2, 0.25) is 0 Å². The van der Waals surface area contributed by atoms with Crippen molar-refractivity contribution in [3.8, 4) is 0 Å². The monoisotopic (exact) mass is 302 g/mol. The van der Waals surface area contributed by atoms with Gasteiger partial charge in [-0.25, -0.2) is 4.79 Å². The number of urea groups is 1. The lowest BCUT2D eigenvalue weighted by Gasteiger charge is -2.19. The van der Waals surface area contributed by atoms with Crippen LogP contribution in [0.25, 0.3) is 0 Å². The summed E-state index contributed by atoms with van der Waals surface area (Å²) in [4.78, 5) is 11.5. The lowest BCUT2D eigenvalue weighted by atomic mass is 9.93. The summed E-state index contributed by atoms with van der Waals surface area (Å²) in [5, 5.41) is 5.59. The molecule has 21 heavy (non-hydrogen) atoms. The smallest absolute Gasteiger partial charge is 0.314 e. The second-order valence-corrected chi connectivity index (χ2v) is 7.71. The van der Waals surface area contributed by atoms with E-state index < -0.39 is 0 Å². The number of carbonyl (C=O) groups is 1. The zero-order chi connectivity index (χ0) is 16.4. The summed E-state index contributed by atoms with van der Waals surface area (Å²) in [6.45, 7) is 16.4. The zero-order valence-electron chi connectivity index (χ0n) is 14.7. The number of hydrogen-bond donors (Lipinski definition) is 2. The van der Waals surface area contributed by atoms with Crippen LogP contribution >= 0.6 is 0 Å². The summed E-state index contributed by atoms with van der Waals surface area (Å²) in [6.07, 6.45) is 1.04. The van der Waals surface area contributed by atoms with Crippen LogP contribution in [-0.4, -0.2) is 45.5 Å². The van der Waals surface area contributed by atoms with Crippen molar-refractivity contribution in [1.82, 2.24) is 10.6 Å². The lowest BCUT2D eigenvalue weighted by Crippen LogP contribution is -2.41. The van der Waals surface area contributed by atoms with Gasteiger partial charge in [0, 0.05) is 19.7 Å². The summed E-state index contributed by atoms with van der Waals surface area (Å²) in [5.41, 5.74) is 0.406. The quantitative estimate of drug-likeness (QED) is 0.644. The molecule has 0 fully saturated rings. The van der Waals surface area contributed by atoms with Crippen LogP contribution < -0.4 is 10.6 Å². The molecule has 0 unspecified atom stereocenters. The van der Waals surface area contributed by atoms with Gasteiger partial charge in [-0.2, -0.15) is 0 Å². The minimum absolute atomic E-state index is 0.0955. The second kappa shape index (κ2) is 10.0. The van der Waals surface area contributed by atoms with Crippen LogP contribution in [-0.2, 0) is 9.47 Å². The Morgan fingerprint density at radius 3 is 1.90 bits per heavy atom. The predicted octanol–water partition coefficient (Wildman–Crippen LogP) is 2.80. The van der Waals surface area contributed by atoms with Gasteiger partial charge in [0.1, 0.15) is 0 Å². The van der Waals surface area contributed by atoms with Gasteiger partial charge in [0.25, 0.3) is 0 Å². The Kier molecular flexibility index (Phi) is 9.62. The number of hydrogen-bond acceptors (Lipinski definition) is 3. The maximum Gasteiger partial charge on any atom is 0.314 e. The van der Waals surface area contributed by atoms with Crippen LogP contribution in [0.15, 0.2) is 0 Å². The molecule has 0 saturated carbocycles. The van der Waals surface area contributed by atoms with E-state index in [-0.39, 0.29) is 11.4 Å². The number of nitrogens with one attached hydrogen (secondary N) is 2. The molecule has 0 spiro atoms. The highest BCUT2D eigenvalue weighted by Crippen LogP contribution is 2.17. The van der Waals surface area contributed by atoms with Crippen LogP contribution in [0.1, 0.15) is 48.0 Å². The highest BCUT2D eigenvalue weighted by Gasteiger charge is 2.11. The van der Waals surface area contributed by atoms with Crippen molar-refractivity contribution in [2.75, 3.05) is 39.5 Å². The number of ether oxygens (including phenoxy) is 2. The molecule has 0 aliphatic rings. The van der Waals surface area contributed by atoms with Crippen molar-refractivity contribution in [2.24, 2.45) is 10.8 Å². The summed E-state index contributed by atoms with van der Waals surface area (Å²) in [6, 6.07) is -0.144. The Labute approximate surface area is 130 Å². The van der Waals surface area contributed by atoms with Gasteiger partial charge in [-0.15, -0.1) is 0 Å². The first-order valence-corrected chi connectivity index (χ1v) is 7.77. The van der Waals surface area contributed by atoms with Crippen molar-refractivity contribution in [2.45, 2.75) is 48.0 Å². The molecule has 0 aromatic heterocycles. The molecule has 0 aliphatic carbocycles. The van der Waals surface area contributed by atoms with Crippen LogP contribution in [0.4, 0.5) is 4.79 Å². The fourth-order valence-electron chi connectivity index (χ4n) is 1.35. The molecule has 126 valence electrons. The van der Waals surface area contributed by atoms with E-state index in [2.05, 4.69) is 52.2 Å². The van der Waals surface area contributed by atoms with Crippen LogP contribution in [0.3, 0.4) is 0 Å². The van der Waals surface area contributed by atoms with Gasteiger partial charge in [-0.1, -0.05) is 41.5 Å². The highest BCUT2D eigenvalue weighted by molar-refractivity contribution is 5.73. The summed E-state index contributed by atoms with van der Waals surface area (Å²) in [5.74, 6) is 0. The van der Waals surface area contributed by atoms with Crippen molar-refractivity contribution in [3.05, 3.63) is 0 Å². The minimum atomic E-state index is -0.144. The fraction of sp³-hybridized carbons (Fsp3) is 0.938. The van der Waals surface area contributed by atoms with E-state index in [0.29, 0.717) is 38.3 Å². The standard InChI is InChI=1S/C16H34N2O3/c1-15(2,3)7-9-20-11-12-21-10-8-17-14(19)18-13-16(4,5)6/h7-13H2,1-6H3,(H2,17,18,19). The van der Waals surface area contributed by atoms with Crippen molar-refractivity contribution >= 4 is 6.03 Å². The Bertz CT molecular complexity index is 280. The van der Waals surface area contributed by atoms with Crippen molar-refractivity contribution in [1.29, 1.82) is 0 Å². The van der Waals surface area contributed by atoms with Gasteiger partial charge in [0.2, 0.25) is 0 Å². The number of carbonyl (C=O) groups excluding carboxylic acids is 1. The Hall–Kier alpha value is -0.810. The Balaban J connectivity index is 3.31. The first kappa shape index (κ1) is 20.2. The van der Waals surface area contributed by atoms with Gasteiger partial charge in [0.15, 0.2) is 0 Å². The van der Waals surface area contributed by atoms with Gasteiger partial charge >= 0.3 is 6.03 Å². The third kappa shape index (κ3) is 17.1. The molecule has 0 heterocycles. The first-order chi connectivity index (χ1) is 9.60. The van der Waals surface area contributed by atoms with Crippen molar-refractivity contribution < 1.29 is 14.3 Å². The van der Waals surface area contributed by atoms with E-state index in [9.17, 15) is 4.79 Å². The SMILES string of the molecule is CC(C)(C)CCOCCOCCNC(=O)NCC(C)(C)C. The molecule has 0 radical (unpaired) electrons. The minimum Gasteiger partial charge on any atom is -0.379 e. The van der Waals surface area contributed by atoms with Gasteiger partial charge in [0.05, 0.1) is 19.8 Å². The fourth-order valence-corrected chi connectivity index (χ4v) is 1.35. The molecule has 0 aliphatic heterocycles. The average molecular weight is 302 g/mol. The van der Waals surface area contributed by atoms with Crippen molar-refractivity contribution in [3.63, 3.8) is 0 Å². The third-order valence-corrected chi connectivity index (χ3v) is 2.68. The molecule has 0 saturated heterocycles. The summed E-state index contributed by atoms with van der Waals surface area (Å²) >= 11 is 0. The molecule has 0 bridgehead atoms. The molecule has 0 atom stereocenters. The maximum atomic E-state index is 11.5. The molecule has 0 rings (SSSR count). The molecular weight excluding hydrogens is 268 g/mol. The normalized spacial score (nSPS) is 12.3. The van der Waals surface area contributed by atoms with E-state index in [1.165, 1.54) is 0 Å². The molecule has 0 aromatic carbocycles. The molecule has 5 heteroatoms. The van der Waals surface area contributed by atoms with E-state index >= 15 is 0 Å². The van der Waals surface area contributed by atoms with E-state index in [1.807, 2.05) is 0 Å². The first-order valence-electron chi connectivity index (χ1n) is 7.77. The van der Waals surface area contributed by atoms with Gasteiger partial charge in [-0.3, -0.25) is 0 Å². The number of rotatable bonds is 9. The lowest BCUT2D eigenvalue weighted by molar-refractivity contribution is 0.0402. The highest BCUT2D eigenvalue weighted by atomic mass is 16.5. The molecular formula is C16H34N2O3.